The van der Waals surface area contributed by atoms with Gasteiger partial charge < -0.3 is 15.0 Å². The van der Waals surface area contributed by atoms with Gasteiger partial charge in [-0.05, 0) is 70.4 Å². The number of hydrogen-bond donors (Lipinski definition) is 1. The molecule has 0 amide bonds. The van der Waals surface area contributed by atoms with Crippen LogP contribution in [-0.2, 0) is 6.54 Å². The van der Waals surface area contributed by atoms with Crippen LogP contribution in [0.5, 0.6) is 5.75 Å². The molecule has 112 valence electrons. The normalized spacial score (nSPS) is 16.9. The number of hydrogen-bond acceptors (Lipinski definition) is 3. The average molecular weight is 276 g/mol. The minimum atomic E-state index is 0.239. The first-order valence-electron chi connectivity index (χ1n) is 7.78. The largest absolute Gasteiger partial charge is 0.491 e. The number of benzene rings is 1. The number of piperidine rings is 1. The van der Waals surface area contributed by atoms with Crippen LogP contribution in [-0.4, -0.2) is 37.7 Å². The molecule has 1 aliphatic heterocycles. The molecular weight excluding hydrogens is 248 g/mol. The van der Waals surface area contributed by atoms with Crippen molar-refractivity contribution >= 4 is 0 Å². The Hall–Kier alpha value is -1.06. The van der Waals surface area contributed by atoms with Crippen LogP contribution in [0.25, 0.3) is 0 Å². The maximum absolute atomic E-state index is 5.68. The zero-order chi connectivity index (χ0) is 14.4. The average Bonchev–Trinajstić information content (AvgIpc) is 2.41. The molecule has 3 heteroatoms. The van der Waals surface area contributed by atoms with Gasteiger partial charge >= 0.3 is 0 Å². The molecular formula is C17H28N2O. The molecule has 0 spiro atoms. The van der Waals surface area contributed by atoms with E-state index in [1.54, 1.807) is 0 Å². The molecule has 1 aromatic rings. The minimum Gasteiger partial charge on any atom is -0.491 e. The summed E-state index contributed by atoms with van der Waals surface area (Å²) in [6, 6.07) is 8.51. The Kier molecular flexibility index (Phi) is 5.86. The van der Waals surface area contributed by atoms with E-state index in [2.05, 4.69) is 55.4 Å². The van der Waals surface area contributed by atoms with Gasteiger partial charge in [0.25, 0.3) is 0 Å². The fourth-order valence-corrected chi connectivity index (χ4v) is 2.83. The van der Waals surface area contributed by atoms with Gasteiger partial charge in [0.1, 0.15) is 5.75 Å². The molecule has 20 heavy (non-hydrogen) atoms. The third kappa shape index (κ3) is 5.14. The van der Waals surface area contributed by atoms with E-state index in [4.69, 9.17) is 4.74 Å². The van der Waals surface area contributed by atoms with Crippen molar-refractivity contribution in [3.63, 3.8) is 0 Å². The van der Waals surface area contributed by atoms with E-state index >= 15 is 0 Å². The fraction of sp³-hybridized carbons (Fsp3) is 0.647. The van der Waals surface area contributed by atoms with Gasteiger partial charge in [0.2, 0.25) is 0 Å². The van der Waals surface area contributed by atoms with Crippen molar-refractivity contribution in [1.29, 1.82) is 0 Å². The van der Waals surface area contributed by atoms with Gasteiger partial charge in [-0.2, -0.15) is 0 Å². The first kappa shape index (κ1) is 15.3. The topological polar surface area (TPSA) is 24.5 Å². The standard InChI is InChI=1S/C17H28N2O/c1-14(2)20-17-6-4-15(5-7-17)12-19(3)13-16-8-10-18-11-9-16/h4-7,14,16,18H,8-13H2,1-3H3. The van der Waals surface area contributed by atoms with Crippen LogP contribution in [0.4, 0.5) is 0 Å². The Balaban J connectivity index is 1.79. The highest BCUT2D eigenvalue weighted by Crippen LogP contribution is 2.17. The van der Waals surface area contributed by atoms with Crippen molar-refractivity contribution in [2.24, 2.45) is 5.92 Å². The van der Waals surface area contributed by atoms with Crippen LogP contribution in [0.15, 0.2) is 24.3 Å². The van der Waals surface area contributed by atoms with E-state index in [9.17, 15) is 0 Å². The molecule has 0 saturated carbocycles. The van der Waals surface area contributed by atoms with Crippen LogP contribution in [0.1, 0.15) is 32.3 Å². The second kappa shape index (κ2) is 7.65. The Morgan fingerprint density at radius 2 is 1.85 bits per heavy atom. The highest BCUT2D eigenvalue weighted by atomic mass is 16.5. The van der Waals surface area contributed by atoms with E-state index in [1.807, 2.05) is 0 Å². The molecule has 1 aromatic carbocycles. The second-order valence-electron chi connectivity index (χ2n) is 6.20. The zero-order valence-corrected chi connectivity index (χ0v) is 13.1. The summed E-state index contributed by atoms with van der Waals surface area (Å²) in [5, 5.41) is 3.43. The Labute approximate surface area is 123 Å². The van der Waals surface area contributed by atoms with Crippen LogP contribution in [0.2, 0.25) is 0 Å². The summed E-state index contributed by atoms with van der Waals surface area (Å²) in [5.74, 6) is 1.81. The molecule has 0 bridgehead atoms. The highest BCUT2D eigenvalue weighted by Gasteiger charge is 2.15. The van der Waals surface area contributed by atoms with Gasteiger partial charge in [-0.15, -0.1) is 0 Å². The summed E-state index contributed by atoms with van der Waals surface area (Å²) in [6.45, 7) is 8.69. The van der Waals surface area contributed by atoms with Gasteiger partial charge in [-0.3, -0.25) is 0 Å². The smallest absolute Gasteiger partial charge is 0.119 e. The van der Waals surface area contributed by atoms with Crippen molar-refractivity contribution in [3.8, 4) is 5.75 Å². The molecule has 2 rings (SSSR count). The van der Waals surface area contributed by atoms with Crippen molar-refractivity contribution in [3.05, 3.63) is 29.8 Å². The third-order valence-corrected chi connectivity index (χ3v) is 3.78. The predicted octanol–water partition coefficient (Wildman–Crippen LogP) is 2.91. The van der Waals surface area contributed by atoms with Gasteiger partial charge in [-0.1, -0.05) is 12.1 Å². The molecule has 3 nitrogen and oxygen atoms in total. The van der Waals surface area contributed by atoms with Crippen LogP contribution >= 0.6 is 0 Å². The van der Waals surface area contributed by atoms with Gasteiger partial charge in [0.15, 0.2) is 0 Å². The zero-order valence-electron chi connectivity index (χ0n) is 13.1. The van der Waals surface area contributed by atoms with E-state index in [0.717, 1.165) is 18.2 Å². The summed E-state index contributed by atoms with van der Waals surface area (Å²) >= 11 is 0. The highest BCUT2D eigenvalue weighted by molar-refractivity contribution is 5.27. The van der Waals surface area contributed by atoms with E-state index < -0.39 is 0 Å². The van der Waals surface area contributed by atoms with E-state index in [-0.39, 0.29) is 6.10 Å². The van der Waals surface area contributed by atoms with Crippen molar-refractivity contribution < 1.29 is 4.74 Å². The van der Waals surface area contributed by atoms with Gasteiger partial charge in [-0.25, -0.2) is 0 Å². The lowest BCUT2D eigenvalue weighted by molar-refractivity contribution is 0.233. The van der Waals surface area contributed by atoms with Gasteiger partial charge in [0, 0.05) is 13.1 Å². The molecule has 1 N–H and O–H groups in total. The summed E-state index contributed by atoms with van der Waals surface area (Å²) in [6.07, 6.45) is 2.86. The van der Waals surface area contributed by atoms with Crippen molar-refractivity contribution in [2.45, 2.75) is 39.3 Å². The summed E-state index contributed by atoms with van der Waals surface area (Å²) in [4.78, 5) is 2.44. The lowest BCUT2D eigenvalue weighted by Gasteiger charge is -2.27. The molecule has 0 unspecified atom stereocenters. The van der Waals surface area contributed by atoms with Gasteiger partial charge in [0.05, 0.1) is 6.10 Å². The molecule has 0 aliphatic carbocycles. The molecule has 0 radical (unpaired) electrons. The quantitative estimate of drug-likeness (QED) is 0.864. The number of ether oxygens (including phenoxy) is 1. The first-order chi connectivity index (χ1) is 9.63. The second-order valence-corrected chi connectivity index (χ2v) is 6.20. The molecule has 1 aliphatic rings. The number of rotatable bonds is 6. The minimum absolute atomic E-state index is 0.239. The van der Waals surface area contributed by atoms with Crippen LogP contribution in [0, 0.1) is 5.92 Å². The monoisotopic (exact) mass is 276 g/mol. The first-order valence-corrected chi connectivity index (χ1v) is 7.78. The lowest BCUT2D eigenvalue weighted by Crippen LogP contribution is -2.34. The maximum Gasteiger partial charge on any atom is 0.119 e. The Bertz CT molecular complexity index is 382. The van der Waals surface area contributed by atoms with Crippen molar-refractivity contribution in [2.75, 3.05) is 26.7 Å². The third-order valence-electron chi connectivity index (χ3n) is 3.78. The van der Waals surface area contributed by atoms with Crippen LogP contribution < -0.4 is 10.1 Å². The summed E-state index contributed by atoms with van der Waals surface area (Å²) in [7, 11) is 2.22. The molecule has 1 heterocycles. The lowest BCUT2D eigenvalue weighted by atomic mass is 9.97. The molecule has 0 aromatic heterocycles. The number of nitrogens with zero attached hydrogens (tertiary/aromatic N) is 1. The Morgan fingerprint density at radius 3 is 2.45 bits per heavy atom. The maximum atomic E-state index is 5.68. The molecule has 1 fully saturated rings. The molecule has 1 saturated heterocycles. The van der Waals surface area contributed by atoms with Crippen molar-refractivity contribution in [1.82, 2.24) is 10.2 Å². The summed E-state index contributed by atoms with van der Waals surface area (Å²) in [5.41, 5.74) is 1.36. The van der Waals surface area contributed by atoms with E-state index in [1.165, 1.54) is 38.0 Å². The Morgan fingerprint density at radius 1 is 1.20 bits per heavy atom. The fourth-order valence-electron chi connectivity index (χ4n) is 2.83. The SMILES string of the molecule is CC(C)Oc1ccc(CN(C)CC2CCNCC2)cc1. The number of nitrogens with one attached hydrogen (secondary N) is 1. The van der Waals surface area contributed by atoms with Crippen LogP contribution in [0.3, 0.4) is 0 Å². The summed E-state index contributed by atoms with van der Waals surface area (Å²) < 4.78 is 5.68. The van der Waals surface area contributed by atoms with E-state index in [0.29, 0.717) is 0 Å². The predicted molar refractivity (Wildman–Crippen MR) is 84.1 cm³/mol. The molecule has 0 atom stereocenters.